The Bertz CT molecular complexity index is 1090. The van der Waals surface area contributed by atoms with Crippen LogP contribution in [-0.4, -0.2) is 34.8 Å². The summed E-state index contributed by atoms with van der Waals surface area (Å²) in [6, 6.07) is 6.96. The first-order chi connectivity index (χ1) is 14.4. The van der Waals surface area contributed by atoms with E-state index in [-0.39, 0.29) is 17.4 Å². The zero-order chi connectivity index (χ0) is 21.3. The summed E-state index contributed by atoms with van der Waals surface area (Å²) in [5, 5.41) is 5.33. The third-order valence-electron chi connectivity index (χ3n) is 5.04. The summed E-state index contributed by atoms with van der Waals surface area (Å²) < 4.78 is 26.9. The Hall–Kier alpha value is -2.65. The van der Waals surface area contributed by atoms with Gasteiger partial charge in [0.1, 0.15) is 11.6 Å². The molecule has 1 N–H and O–H groups in total. The largest absolute Gasteiger partial charge is 0.339 e. The molecule has 2 aromatic heterocycles. The van der Waals surface area contributed by atoms with Crippen molar-refractivity contribution in [3.63, 3.8) is 0 Å². The number of carbonyl (C=O) groups is 2. The highest BCUT2D eigenvalue weighted by atomic mass is 32.1. The maximum Gasteiger partial charge on any atom is 0.256 e. The summed E-state index contributed by atoms with van der Waals surface area (Å²) in [6.45, 7) is 2.71. The number of amides is 2. The van der Waals surface area contributed by atoms with Crippen LogP contribution in [0, 0.1) is 24.5 Å². The molecule has 0 radical (unpaired) electrons. The van der Waals surface area contributed by atoms with Gasteiger partial charge in [-0.3, -0.25) is 9.59 Å². The number of aryl methyl sites for hydroxylation is 1. The van der Waals surface area contributed by atoms with E-state index in [0.717, 1.165) is 22.7 Å². The molecule has 1 aliphatic heterocycles. The van der Waals surface area contributed by atoms with Crippen LogP contribution < -0.4 is 5.32 Å². The van der Waals surface area contributed by atoms with Gasteiger partial charge >= 0.3 is 0 Å². The van der Waals surface area contributed by atoms with Gasteiger partial charge in [0.25, 0.3) is 5.91 Å². The van der Waals surface area contributed by atoms with Crippen LogP contribution in [-0.2, 0) is 4.79 Å². The second-order valence-electron chi connectivity index (χ2n) is 7.13. The molecule has 3 aromatic rings. The zero-order valence-corrected chi connectivity index (χ0v) is 17.8. The van der Waals surface area contributed by atoms with Crippen molar-refractivity contribution in [2.75, 3.05) is 18.4 Å². The van der Waals surface area contributed by atoms with Crippen LogP contribution in [0.3, 0.4) is 0 Å². The average molecular weight is 448 g/mol. The van der Waals surface area contributed by atoms with E-state index in [1.54, 1.807) is 11.3 Å². The molecule has 5 nitrogen and oxygen atoms in total. The van der Waals surface area contributed by atoms with Crippen molar-refractivity contribution >= 4 is 39.6 Å². The molecule has 1 fully saturated rings. The number of rotatable bonds is 4. The van der Waals surface area contributed by atoms with Crippen molar-refractivity contribution in [2.24, 2.45) is 5.92 Å². The lowest BCUT2D eigenvalue weighted by Crippen LogP contribution is -2.41. The van der Waals surface area contributed by atoms with Crippen LogP contribution in [0.15, 0.2) is 35.7 Å². The van der Waals surface area contributed by atoms with Crippen molar-refractivity contribution in [3.05, 3.63) is 57.8 Å². The highest BCUT2D eigenvalue weighted by molar-refractivity contribution is 7.17. The van der Waals surface area contributed by atoms with E-state index < -0.39 is 17.5 Å². The summed E-state index contributed by atoms with van der Waals surface area (Å²) in [5.41, 5.74) is 0.688. The van der Waals surface area contributed by atoms with E-state index in [4.69, 9.17) is 0 Å². The molecule has 1 saturated heterocycles. The maximum absolute atomic E-state index is 13.9. The molecule has 0 bridgehead atoms. The van der Waals surface area contributed by atoms with E-state index in [1.165, 1.54) is 21.1 Å². The van der Waals surface area contributed by atoms with E-state index in [1.807, 2.05) is 24.4 Å². The predicted molar refractivity (Wildman–Crippen MR) is 114 cm³/mol. The van der Waals surface area contributed by atoms with Crippen LogP contribution in [0.25, 0.3) is 10.6 Å². The van der Waals surface area contributed by atoms with Crippen LogP contribution in [0.5, 0.6) is 0 Å². The number of carbonyl (C=O) groups excluding carboxylic acids is 2. The highest BCUT2D eigenvalue weighted by Crippen LogP contribution is 2.31. The Morgan fingerprint density at radius 2 is 1.93 bits per heavy atom. The lowest BCUT2D eigenvalue weighted by Gasteiger charge is -2.31. The third-order valence-corrected chi connectivity index (χ3v) is 6.82. The summed E-state index contributed by atoms with van der Waals surface area (Å²) >= 11 is 3.03. The minimum absolute atomic E-state index is 0.127. The number of likely N-dealkylation sites (tertiary alicyclic amines) is 1. The van der Waals surface area contributed by atoms with E-state index in [9.17, 15) is 18.4 Å². The molecule has 3 heterocycles. The van der Waals surface area contributed by atoms with Gasteiger partial charge < -0.3 is 10.2 Å². The van der Waals surface area contributed by atoms with Crippen LogP contribution >= 0.6 is 22.7 Å². The molecule has 0 saturated carbocycles. The van der Waals surface area contributed by atoms with Gasteiger partial charge in [-0.05, 0) is 44.0 Å². The Balaban J connectivity index is 1.33. The molecular formula is C21H19F2N3O2S2. The van der Waals surface area contributed by atoms with Gasteiger partial charge in [0.05, 0.1) is 16.1 Å². The molecule has 1 aliphatic rings. The Morgan fingerprint density at radius 1 is 1.17 bits per heavy atom. The average Bonchev–Trinajstić information content (AvgIpc) is 3.36. The topological polar surface area (TPSA) is 62.3 Å². The number of hydrogen-bond acceptors (Lipinski definition) is 5. The molecule has 1 aromatic carbocycles. The van der Waals surface area contributed by atoms with E-state index in [0.29, 0.717) is 37.1 Å². The fraction of sp³-hybridized carbons (Fsp3) is 0.286. The van der Waals surface area contributed by atoms with Gasteiger partial charge in [-0.2, -0.15) is 0 Å². The van der Waals surface area contributed by atoms with Crippen LogP contribution in [0.4, 0.5) is 13.9 Å². The quantitative estimate of drug-likeness (QED) is 0.616. The molecule has 9 heteroatoms. The van der Waals surface area contributed by atoms with Crippen molar-refractivity contribution in [1.82, 2.24) is 9.88 Å². The Morgan fingerprint density at radius 3 is 2.60 bits per heavy atom. The van der Waals surface area contributed by atoms with Crippen LogP contribution in [0.1, 0.15) is 28.1 Å². The van der Waals surface area contributed by atoms with Gasteiger partial charge in [-0.15, -0.1) is 22.7 Å². The lowest BCUT2D eigenvalue weighted by molar-refractivity contribution is -0.121. The Labute approximate surface area is 180 Å². The smallest absolute Gasteiger partial charge is 0.256 e. The number of thiazole rings is 1. The predicted octanol–water partition coefficient (Wildman–Crippen LogP) is 4.95. The number of nitrogens with one attached hydrogen (secondary N) is 1. The lowest BCUT2D eigenvalue weighted by atomic mass is 9.95. The van der Waals surface area contributed by atoms with Crippen molar-refractivity contribution in [3.8, 4) is 10.6 Å². The first-order valence-corrected chi connectivity index (χ1v) is 11.2. The number of piperidine rings is 1. The normalized spacial score (nSPS) is 14.7. The zero-order valence-electron chi connectivity index (χ0n) is 16.2. The first kappa shape index (κ1) is 20.6. The summed E-state index contributed by atoms with van der Waals surface area (Å²) in [5.74, 6) is -2.46. The molecule has 156 valence electrons. The number of benzene rings is 1. The molecule has 2 amide bonds. The van der Waals surface area contributed by atoms with Crippen molar-refractivity contribution in [2.45, 2.75) is 19.8 Å². The SMILES string of the molecule is Cc1ccc(-c2csc(NC(=O)C3CCN(C(=O)c4ccc(F)cc4F)CC3)n2)s1. The second kappa shape index (κ2) is 8.61. The summed E-state index contributed by atoms with van der Waals surface area (Å²) in [7, 11) is 0. The monoisotopic (exact) mass is 447 g/mol. The van der Waals surface area contributed by atoms with Gasteiger partial charge in [-0.25, -0.2) is 13.8 Å². The molecular weight excluding hydrogens is 428 g/mol. The second-order valence-corrected chi connectivity index (χ2v) is 9.27. The molecule has 0 aliphatic carbocycles. The van der Waals surface area contributed by atoms with E-state index in [2.05, 4.69) is 10.3 Å². The van der Waals surface area contributed by atoms with Gasteiger partial charge in [-0.1, -0.05) is 0 Å². The van der Waals surface area contributed by atoms with Crippen molar-refractivity contribution < 1.29 is 18.4 Å². The summed E-state index contributed by atoms with van der Waals surface area (Å²) in [6.07, 6.45) is 0.950. The van der Waals surface area contributed by atoms with Gasteiger partial charge in [0.15, 0.2) is 5.13 Å². The van der Waals surface area contributed by atoms with Crippen molar-refractivity contribution in [1.29, 1.82) is 0 Å². The van der Waals surface area contributed by atoms with Crippen LogP contribution in [0.2, 0.25) is 0 Å². The first-order valence-electron chi connectivity index (χ1n) is 9.48. The molecule has 0 unspecified atom stereocenters. The third kappa shape index (κ3) is 4.41. The number of anilines is 1. The number of hydrogen-bond donors (Lipinski definition) is 1. The van der Waals surface area contributed by atoms with E-state index >= 15 is 0 Å². The van der Waals surface area contributed by atoms with Gasteiger partial charge in [0.2, 0.25) is 5.91 Å². The Kier molecular flexibility index (Phi) is 5.92. The maximum atomic E-state index is 13.9. The highest BCUT2D eigenvalue weighted by Gasteiger charge is 2.29. The fourth-order valence-electron chi connectivity index (χ4n) is 3.40. The number of halogens is 2. The van der Waals surface area contributed by atoms with Gasteiger partial charge in [0, 0.05) is 35.3 Å². The molecule has 0 atom stereocenters. The fourth-order valence-corrected chi connectivity index (χ4v) is 5.02. The molecule has 4 rings (SSSR count). The minimum Gasteiger partial charge on any atom is -0.339 e. The molecule has 0 spiro atoms. The standard InChI is InChI=1S/C21H19F2N3O2S2/c1-12-2-5-18(30-12)17-11-29-21(24-17)25-19(27)13-6-8-26(9-7-13)20(28)15-4-3-14(22)10-16(15)23/h2-5,10-11,13H,6-9H2,1H3,(H,24,25,27). The number of thiophene rings is 1. The molecule has 30 heavy (non-hydrogen) atoms. The number of aromatic nitrogens is 1. The number of nitrogens with zero attached hydrogens (tertiary/aromatic N) is 2. The summed E-state index contributed by atoms with van der Waals surface area (Å²) in [4.78, 5) is 33.4. The minimum atomic E-state index is -0.875.